The summed E-state index contributed by atoms with van der Waals surface area (Å²) in [7, 11) is 0. The first kappa shape index (κ1) is 12.4. The highest BCUT2D eigenvalue weighted by Gasteiger charge is 2.03. The van der Waals surface area contributed by atoms with Gasteiger partial charge in [0.15, 0.2) is 0 Å². The predicted molar refractivity (Wildman–Crippen MR) is 66.0 cm³/mol. The van der Waals surface area contributed by atoms with Crippen LogP contribution < -0.4 is 0 Å². The molecular weight excluding hydrogens is 208 g/mol. The molecule has 0 unspecified atom stereocenters. The lowest BCUT2D eigenvalue weighted by molar-refractivity contribution is 0.287. The van der Waals surface area contributed by atoms with Gasteiger partial charge in [-0.2, -0.15) is 0 Å². The Morgan fingerprint density at radius 1 is 1.20 bits per heavy atom. The van der Waals surface area contributed by atoms with E-state index >= 15 is 0 Å². The Morgan fingerprint density at radius 3 is 2.33 bits per heavy atom. The minimum Gasteiger partial charge on any atom is -0.507 e. The zero-order chi connectivity index (χ0) is 11.3. The molecule has 0 amide bonds. The van der Waals surface area contributed by atoms with Crippen LogP contribution in [0.2, 0.25) is 0 Å². The van der Waals surface area contributed by atoms with Gasteiger partial charge < -0.3 is 10.2 Å². The number of benzene rings is 1. The van der Waals surface area contributed by atoms with Gasteiger partial charge in [0.05, 0.1) is 0 Å². The maximum atomic E-state index is 9.61. The van der Waals surface area contributed by atoms with Crippen LogP contribution in [0.5, 0.6) is 5.75 Å². The molecule has 1 aromatic carbocycles. The van der Waals surface area contributed by atoms with E-state index in [2.05, 4.69) is 0 Å². The Balaban J connectivity index is 2.55. The highest BCUT2D eigenvalue weighted by Crippen LogP contribution is 2.28. The van der Waals surface area contributed by atoms with Gasteiger partial charge >= 0.3 is 0 Å². The van der Waals surface area contributed by atoms with Crippen LogP contribution in [0.25, 0.3) is 0 Å². The SMILES string of the molecule is Cc1cc(SCCCC[OH2+])cc(C)c1O. The molecule has 0 aliphatic rings. The average molecular weight is 227 g/mol. The Morgan fingerprint density at radius 2 is 1.80 bits per heavy atom. The quantitative estimate of drug-likeness (QED) is 0.477. The van der Waals surface area contributed by atoms with Gasteiger partial charge in [0.25, 0.3) is 0 Å². The summed E-state index contributed by atoms with van der Waals surface area (Å²) in [5, 5.41) is 16.6. The molecule has 0 aromatic heterocycles. The zero-order valence-corrected chi connectivity index (χ0v) is 10.2. The first-order valence-electron chi connectivity index (χ1n) is 5.22. The van der Waals surface area contributed by atoms with Crippen molar-refractivity contribution in [3.05, 3.63) is 23.3 Å². The van der Waals surface area contributed by atoms with Crippen LogP contribution in [0, 0.1) is 13.8 Å². The number of phenols is 1. The lowest BCUT2D eigenvalue weighted by Crippen LogP contribution is -1.87. The van der Waals surface area contributed by atoms with Crippen molar-refractivity contribution >= 4 is 11.8 Å². The minimum absolute atomic E-state index is 0.408. The molecule has 0 atom stereocenters. The van der Waals surface area contributed by atoms with Crippen molar-refractivity contribution in [1.29, 1.82) is 0 Å². The molecule has 3 heteroatoms. The van der Waals surface area contributed by atoms with E-state index in [0.717, 1.165) is 29.7 Å². The molecule has 1 rings (SSSR count). The summed E-state index contributed by atoms with van der Waals surface area (Å²) >= 11 is 1.80. The van der Waals surface area contributed by atoms with Crippen LogP contribution >= 0.6 is 11.8 Å². The largest absolute Gasteiger partial charge is 0.507 e. The van der Waals surface area contributed by atoms with Gasteiger partial charge in [-0.1, -0.05) is 0 Å². The van der Waals surface area contributed by atoms with E-state index in [1.807, 2.05) is 26.0 Å². The molecule has 2 nitrogen and oxygen atoms in total. The number of rotatable bonds is 5. The first-order valence-corrected chi connectivity index (χ1v) is 6.21. The van der Waals surface area contributed by atoms with Gasteiger partial charge in [-0.25, -0.2) is 0 Å². The van der Waals surface area contributed by atoms with Crippen molar-refractivity contribution in [1.82, 2.24) is 0 Å². The van der Waals surface area contributed by atoms with Gasteiger partial charge in [-0.05, 0) is 49.3 Å². The molecule has 84 valence electrons. The third-order valence-electron chi connectivity index (χ3n) is 2.30. The molecule has 0 saturated heterocycles. The molecule has 15 heavy (non-hydrogen) atoms. The second kappa shape index (κ2) is 6.03. The van der Waals surface area contributed by atoms with Gasteiger partial charge in [-0.3, -0.25) is 0 Å². The Bertz CT molecular complexity index is 300. The minimum atomic E-state index is 0.408. The molecular formula is C12H19O2S+. The summed E-state index contributed by atoms with van der Waals surface area (Å²) in [5.41, 5.74) is 1.89. The summed E-state index contributed by atoms with van der Waals surface area (Å²) in [6.45, 7) is 4.38. The molecule has 0 bridgehead atoms. The maximum absolute atomic E-state index is 9.61. The fourth-order valence-corrected chi connectivity index (χ4v) is 2.52. The van der Waals surface area contributed by atoms with E-state index in [9.17, 15) is 5.11 Å². The number of aryl methyl sites for hydroxylation is 2. The van der Waals surface area contributed by atoms with Crippen molar-refractivity contribution in [3.63, 3.8) is 0 Å². The number of unbranched alkanes of at least 4 members (excludes halogenated alkanes) is 1. The summed E-state index contributed by atoms with van der Waals surface area (Å²) in [6, 6.07) is 4.04. The van der Waals surface area contributed by atoms with Crippen molar-refractivity contribution < 1.29 is 10.2 Å². The molecule has 0 heterocycles. The van der Waals surface area contributed by atoms with Crippen molar-refractivity contribution in [2.45, 2.75) is 31.6 Å². The number of phenolic OH excluding ortho intramolecular Hbond substituents is 1. The number of thioether (sulfide) groups is 1. The number of hydrogen-bond donors (Lipinski definition) is 1. The van der Waals surface area contributed by atoms with Crippen LogP contribution in [0.1, 0.15) is 24.0 Å². The van der Waals surface area contributed by atoms with Gasteiger partial charge in [0, 0.05) is 11.3 Å². The van der Waals surface area contributed by atoms with Crippen LogP contribution in [0.15, 0.2) is 17.0 Å². The maximum Gasteiger partial charge on any atom is 0.143 e. The lowest BCUT2D eigenvalue weighted by atomic mass is 10.1. The number of aromatic hydroxyl groups is 1. The van der Waals surface area contributed by atoms with Gasteiger partial charge in [-0.15, -0.1) is 11.8 Å². The van der Waals surface area contributed by atoms with Crippen molar-refractivity contribution in [2.24, 2.45) is 0 Å². The first-order chi connectivity index (χ1) is 7.15. The van der Waals surface area contributed by atoms with E-state index in [4.69, 9.17) is 5.11 Å². The predicted octanol–water partition coefficient (Wildman–Crippen LogP) is 2.61. The summed E-state index contributed by atoms with van der Waals surface area (Å²) < 4.78 is 0. The van der Waals surface area contributed by atoms with Crippen molar-refractivity contribution in [2.75, 3.05) is 12.4 Å². The third kappa shape index (κ3) is 3.76. The van der Waals surface area contributed by atoms with Crippen LogP contribution in [-0.2, 0) is 0 Å². The molecule has 0 saturated carbocycles. The Hall–Kier alpha value is -0.670. The molecule has 3 N–H and O–H groups in total. The van der Waals surface area contributed by atoms with E-state index in [-0.39, 0.29) is 0 Å². The smallest absolute Gasteiger partial charge is 0.143 e. The normalized spacial score (nSPS) is 10.6. The molecule has 0 radical (unpaired) electrons. The summed E-state index contributed by atoms with van der Waals surface area (Å²) in [5.74, 6) is 1.47. The topological polar surface area (TPSA) is 43.1 Å². The standard InChI is InChI=1S/C12H18O2S/c1-9-7-11(8-10(2)12(9)14)15-6-4-3-5-13/h7-8,13-14H,3-6H2,1-2H3/p+1. The van der Waals surface area contributed by atoms with Crippen molar-refractivity contribution in [3.8, 4) is 5.75 Å². The van der Waals surface area contributed by atoms with Crippen LogP contribution in [-0.4, -0.2) is 22.6 Å². The fourth-order valence-electron chi connectivity index (χ4n) is 1.42. The summed E-state index contributed by atoms with van der Waals surface area (Å²) in [4.78, 5) is 1.22. The second-order valence-corrected chi connectivity index (χ2v) is 4.88. The average Bonchev–Trinajstić information content (AvgIpc) is 2.21. The van der Waals surface area contributed by atoms with E-state index in [1.54, 1.807) is 11.8 Å². The number of hydrogen-bond acceptors (Lipinski definition) is 2. The van der Waals surface area contributed by atoms with Crippen LogP contribution in [0.3, 0.4) is 0 Å². The Labute approximate surface area is 95.3 Å². The monoisotopic (exact) mass is 227 g/mol. The fraction of sp³-hybridized carbons (Fsp3) is 0.500. The van der Waals surface area contributed by atoms with Gasteiger partial charge in [0.1, 0.15) is 12.4 Å². The molecule has 0 fully saturated rings. The molecule has 0 aliphatic carbocycles. The van der Waals surface area contributed by atoms with E-state index < -0.39 is 0 Å². The molecule has 1 aromatic rings. The second-order valence-electron chi connectivity index (χ2n) is 3.71. The van der Waals surface area contributed by atoms with Gasteiger partial charge in [0.2, 0.25) is 0 Å². The van der Waals surface area contributed by atoms with E-state index in [0.29, 0.717) is 12.4 Å². The molecule has 0 aliphatic heterocycles. The highest BCUT2D eigenvalue weighted by atomic mass is 32.2. The Kier molecular flexibility index (Phi) is 4.99. The molecule has 0 spiro atoms. The lowest BCUT2D eigenvalue weighted by Gasteiger charge is -2.07. The van der Waals surface area contributed by atoms with Crippen LogP contribution in [0.4, 0.5) is 0 Å². The highest BCUT2D eigenvalue weighted by molar-refractivity contribution is 7.99. The van der Waals surface area contributed by atoms with E-state index in [1.165, 1.54) is 4.90 Å². The third-order valence-corrected chi connectivity index (χ3v) is 3.37. The zero-order valence-electron chi connectivity index (χ0n) is 9.34. The summed E-state index contributed by atoms with van der Waals surface area (Å²) in [6.07, 6.45) is 2.07.